The molecule has 0 aliphatic carbocycles. The van der Waals surface area contributed by atoms with Gasteiger partial charge in [-0.25, -0.2) is 0 Å². The van der Waals surface area contributed by atoms with Crippen LogP contribution in [0.15, 0.2) is 28.8 Å². The minimum absolute atomic E-state index is 0.223. The zero-order valence-electron chi connectivity index (χ0n) is 8.71. The van der Waals surface area contributed by atoms with Gasteiger partial charge in [0, 0.05) is 5.56 Å². The molecule has 0 atom stereocenters. The Bertz CT molecular complexity index is 476. The molecule has 0 radical (unpaired) electrons. The molecule has 0 aliphatic heterocycles. The lowest BCUT2D eigenvalue weighted by Crippen LogP contribution is -1.95. The van der Waals surface area contributed by atoms with Crippen LogP contribution in [0.2, 0.25) is 0 Å². The first-order chi connectivity index (χ1) is 7.78. The third kappa shape index (κ3) is 2.44. The minimum Gasteiger partial charge on any atom is -0.484 e. The van der Waals surface area contributed by atoms with Crippen molar-refractivity contribution in [1.82, 2.24) is 10.1 Å². The number of rotatable bonds is 4. The third-order valence-corrected chi connectivity index (χ3v) is 1.95. The highest BCUT2D eigenvalue weighted by atomic mass is 16.5. The van der Waals surface area contributed by atoms with Crippen molar-refractivity contribution in [2.45, 2.75) is 13.5 Å². The lowest BCUT2D eigenvalue weighted by molar-refractivity contribution is 0.112. The smallest absolute Gasteiger partial charge is 0.264 e. The van der Waals surface area contributed by atoms with Gasteiger partial charge in [-0.1, -0.05) is 5.16 Å². The first-order valence-corrected chi connectivity index (χ1v) is 4.75. The van der Waals surface area contributed by atoms with E-state index in [1.165, 1.54) is 0 Å². The fourth-order valence-electron chi connectivity index (χ4n) is 1.19. The van der Waals surface area contributed by atoms with Gasteiger partial charge in [-0.05, 0) is 31.2 Å². The van der Waals surface area contributed by atoms with Crippen LogP contribution in [0.25, 0.3) is 0 Å². The highest BCUT2D eigenvalue weighted by molar-refractivity contribution is 5.74. The van der Waals surface area contributed by atoms with Crippen molar-refractivity contribution in [2.24, 2.45) is 0 Å². The van der Waals surface area contributed by atoms with Gasteiger partial charge in [-0.3, -0.25) is 4.79 Å². The molecule has 0 amide bonds. The summed E-state index contributed by atoms with van der Waals surface area (Å²) in [7, 11) is 0. The summed E-state index contributed by atoms with van der Waals surface area (Å²) in [6.07, 6.45) is 0.783. The van der Waals surface area contributed by atoms with Gasteiger partial charge in [0.15, 0.2) is 12.4 Å². The summed E-state index contributed by atoms with van der Waals surface area (Å²) >= 11 is 0. The van der Waals surface area contributed by atoms with E-state index in [-0.39, 0.29) is 6.61 Å². The van der Waals surface area contributed by atoms with Crippen molar-refractivity contribution in [2.75, 3.05) is 0 Å². The number of benzene rings is 1. The number of nitrogens with zero attached hydrogens (tertiary/aromatic N) is 2. The molecular formula is C11H10N2O3. The molecule has 0 spiro atoms. The van der Waals surface area contributed by atoms with E-state index in [1.807, 2.05) is 0 Å². The van der Waals surface area contributed by atoms with Crippen LogP contribution in [0.5, 0.6) is 5.75 Å². The van der Waals surface area contributed by atoms with Gasteiger partial charge in [-0.2, -0.15) is 4.98 Å². The van der Waals surface area contributed by atoms with E-state index < -0.39 is 0 Å². The highest BCUT2D eigenvalue weighted by Crippen LogP contribution is 2.12. The fourth-order valence-corrected chi connectivity index (χ4v) is 1.19. The van der Waals surface area contributed by atoms with Crippen molar-refractivity contribution in [3.63, 3.8) is 0 Å². The number of carbonyl (C=O) groups excluding carboxylic acids is 1. The second-order valence-electron chi connectivity index (χ2n) is 3.21. The Labute approximate surface area is 92.0 Å². The molecule has 16 heavy (non-hydrogen) atoms. The molecule has 1 aromatic carbocycles. The van der Waals surface area contributed by atoms with Gasteiger partial charge >= 0.3 is 0 Å². The van der Waals surface area contributed by atoms with Crippen LogP contribution in [-0.4, -0.2) is 16.4 Å². The predicted octanol–water partition coefficient (Wildman–Crippen LogP) is 1.77. The average molecular weight is 218 g/mol. The lowest BCUT2D eigenvalue weighted by atomic mass is 10.2. The van der Waals surface area contributed by atoms with Crippen molar-refractivity contribution in [1.29, 1.82) is 0 Å². The Kier molecular flexibility index (Phi) is 2.95. The molecule has 5 nitrogen and oxygen atoms in total. The maximum Gasteiger partial charge on any atom is 0.264 e. The van der Waals surface area contributed by atoms with Crippen molar-refractivity contribution >= 4 is 6.29 Å². The number of hydrogen-bond donors (Lipinski definition) is 0. The van der Waals surface area contributed by atoms with E-state index in [9.17, 15) is 4.79 Å². The number of ether oxygens (including phenoxy) is 1. The lowest BCUT2D eigenvalue weighted by Gasteiger charge is -2.02. The molecule has 0 aliphatic rings. The SMILES string of the molecule is Cc1noc(COc2ccc(C=O)cc2)n1. The van der Waals surface area contributed by atoms with Gasteiger partial charge in [0.25, 0.3) is 5.89 Å². The first kappa shape index (κ1) is 10.4. The summed E-state index contributed by atoms with van der Waals surface area (Å²) in [6.45, 7) is 1.97. The van der Waals surface area contributed by atoms with Crippen LogP contribution in [0.4, 0.5) is 0 Å². The fraction of sp³-hybridized carbons (Fsp3) is 0.182. The van der Waals surface area contributed by atoms with Crippen LogP contribution < -0.4 is 4.74 Å². The second-order valence-corrected chi connectivity index (χ2v) is 3.21. The van der Waals surface area contributed by atoms with Gasteiger partial charge in [0.05, 0.1) is 0 Å². The van der Waals surface area contributed by atoms with Crippen molar-refractivity contribution in [3.8, 4) is 5.75 Å². The van der Waals surface area contributed by atoms with Gasteiger partial charge < -0.3 is 9.26 Å². The molecular weight excluding hydrogens is 208 g/mol. The molecule has 0 saturated heterocycles. The predicted molar refractivity (Wildman–Crippen MR) is 55.2 cm³/mol. The summed E-state index contributed by atoms with van der Waals surface area (Å²) in [6, 6.07) is 6.79. The normalized spacial score (nSPS) is 10.1. The Hall–Kier alpha value is -2.17. The summed E-state index contributed by atoms with van der Waals surface area (Å²) in [5, 5.41) is 3.64. The molecule has 1 aromatic heterocycles. The quantitative estimate of drug-likeness (QED) is 0.731. The van der Waals surface area contributed by atoms with E-state index in [0.717, 1.165) is 6.29 Å². The second kappa shape index (κ2) is 4.57. The molecule has 0 N–H and O–H groups in total. The zero-order chi connectivity index (χ0) is 11.4. The Morgan fingerprint density at radius 2 is 2.12 bits per heavy atom. The van der Waals surface area contributed by atoms with E-state index in [2.05, 4.69) is 10.1 Å². The maximum atomic E-state index is 10.4. The Morgan fingerprint density at radius 3 is 2.69 bits per heavy atom. The van der Waals surface area contributed by atoms with E-state index in [1.54, 1.807) is 31.2 Å². The minimum atomic E-state index is 0.223. The summed E-state index contributed by atoms with van der Waals surface area (Å²) in [5.74, 6) is 1.66. The summed E-state index contributed by atoms with van der Waals surface area (Å²) in [4.78, 5) is 14.4. The number of hydrogen-bond acceptors (Lipinski definition) is 5. The molecule has 2 rings (SSSR count). The topological polar surface area (TPSA) is 65.2 Å². The van der Waals surface area contributed by atoms with Crippen LogP contribution >= 0.6 is 0 Å². The van der Waals surface area contributed by atoms with Crippen LogP contribution in [-0.2, 0) is 6.61 Å². The average Bonchev–Trinajstić information content (AvgIpc) is 2.73. The third-order valence-electron chi connectivity index (χ3n) is 1.95. The van der Waals surface area contributed by atoms with Crippen LogP contribution in [0.3, 0.4) is 0 Å². The first-order valence-electron chi connectivity index (χ1n) is 4.75. The zero-order valence-corrected chi connectivity index (χ0v) is 8.71. The molecule has 0 bridgehead atoms. The number of aryl methyl sites for hydroxylation is 1. The molecule has 0 fully saturated rings. The molecule has 82 valence electrons. The highest BCUT2D eigenvalue weighted by Gasteiger charge is 2.03. The van der Waals surface area contributed by atoms with E-state index in [0.29, 0.717) is 23.0 Å². The molecule has 0 unspecified atom stereocenters. The largest absolute Gasteiger partial charge is 0.484 e. The van der Waals surface area contributed by atoms with Crippen molar-refractivity contribution < 1.29 is 14.1 Å². The molecule has 2 aromatic rings. The van der Waals surface area contributed by atoms with E-state index in [4.69, 9.17) is 9.26 Å². The standard InChI is InChI=1S/C11H10N2O3/c1-8-12-11(16-13-8)7-15-10-4-2-9(6-14)3-5-10/h2-6H,7H2,1H3. The summed E-state index contributed by atoms with van der Waals surface area (Å²) < 4.78 is 10.3. The van der Waals surface area contributed by atoms with Gasteiger partial charge in [0.1, 0.15) is 12.0 Å². The van der Waals surface area contributed by atoms with E-state index >= 15 is 0 Å². The molecule has 1 heterocycles. The Morgan fingerprint density at radius 1 is 1.38 bits per heavy atom. The molecule has 0 saturated carbocycles. The van der Waals surface area contributed by atoms with Crippen LogP contribution in [0, 0.1) is 6.92 Å². The monoisotopic (exact) mass is 218 g/mol. The van der Waals surface area contributed by atoms with Gasteiger partial charge in [0.2, 0.25) is 0 Å². The number of aldehydes is 1. The molecule has 5 heteroatoms. The van der Waals surface area contributed by atoms with Crippen LogP contribution in [0.1, 0.15) is 22.1 Å². The van der Waals surface area contributed by atoms with Crippen molar-refractivity contribution in [3.05, 3.63) is 41.5 Å². The Balaban J connectivity index is 1.96. The number of carbonyl (C=O) groups is 1. The maximum absolute atomic E-state index is 10.4. The summed E-state index contributed by atoms with van der Waals surface area (Å²) in [5.41, 5.74) is 0.612. The van der Waals surface area contributed by atoms with Gasteiger partial charge in [-0.15, -0.1) is 0 Å². The number of aromatic nitrogens is 2.